The van der Waals surface area contributed by atoms with E-state index in [0.717, 1.165) is 38.6 Å². The molecule has 1 aromatic heterocycles. The molecule has 9 nitrogen and oxygen atoms in total. The van der Waals surface area contributed by atoms with Crippen LogP contribution in [-0.2, 0) is 4.74 Å². The van der Waals surface area contributed by atoms with Gasteiger partial charge < -0.3 is 19.7 Å². The number of aliphatic imine (C=N–C) groups is 1. The van der Waals surface area contributed by atoms with E-state index < -0.39 is 0 Å². The first-order chi connectivity index (χ1) is 16.1. The number of H-pyrrole nitrogens is 1. The number of carbonyl (C=O) groups excluding carboxylic acids is 1. The van der Waals surface area contributed by atoms with Crippen molar-refractivity contribution in [1.29, 1.82) is 0 Å². The fourth-order valence-electron chi connectivity index (χ4n) is 4.21. The Morgan fingerprint density at radius 2 is 2.18 bits per heavy atom. The van der Waals surface area contributed by atoms with Crippen LogP contribution in [0, 0.1) is 0 Å². The van der Waals surface area contributed by atoms with E-state index in [2.05, 4.69) is 20.8 Å². The summed E-state index contributed by atoms with van der Waals surface area (Å²) in [6, 6.07) is 9.88. The van der Waals surface area contributed by atoms with Crippen molar-refractivity contribution in [3.8, 4) is 5.75 Å². The van der Waals surface area contributed by atoms with Crippen molar-refractivity contribution >= 4 is 40.1 Å². The molecule has 2 aliphatic heterocycles. The second-order valence-corrected chi connectivity index (χ2v) is 9.21. The third kappa shape index (κ3) is 4.05. The number of carbonyl (C=O) groups is 1. The largest absolute Gasteiger partial charge is 0.494 e. The van der Waals surface area contributed by atoms with Gasteiger partial charge in [0.25, 0.3) is 5.91 Å². The van der Waals surface area contributed by atoms with Gasteiger partial charge in [0, 0.05) is 42.6 Å². The average Bonchev–Trinajstić information content (AvgIpc) is 3.45. The van der Waals surface area contributed by atoms with Gasteiger partial charge in [-0.3, -0.25) is 20.2 Å². The lowest BCUT2D eigenvalue weighted by Gasteiger charge is -2.28. The highest BCUT2D eigenvalue weighted by Gasteiger charge is 2.39. The van der Waals surface area contributed by atoms with Gasteiger partial charge in [0.15, 0.2) is 0 Å². The second kappa shape index (κ2) is 9.05. The zero-order chi connectivity index (χ0) is 22.9. The number of benzene rings is 2. The van der Waals surface area contributed by atoms with Crippen molar-refractivity contribution in [2.45, 2.75) is 16.2 Å². The molecule has 2 unspecified atom stereocenters. The number of hydrogen-bond acceptors (Lipinski definition) is 8. The smallest absolute Gasteiger partial charge is 0.253 e. The Bertz CT molecular complexity index is 1230. The number of hydrogen-bond donors (Lipinski definition) is 3. The molecule has 1 amide bonds. The standard InChI is InChI=1S/C23H26N6O3S/c1-29(6-7-31-2)23(30)13-4-5-15-19(9-13)33-22-20(15)21(24-12-25-22)27-17-8-14-11-26-28-16(14)10-18(17)32-3/h4-5,8-11,20,22,25H,6-7,12H2,1-3H3,(H,24,27)(H,26,28). The van der Waals surface area contributed by atoms with E-state index >= 15 is 0 Å². The predicted octanol–water partition coefficient (Wildman–Crippen LogP) is 2.88. The summed E-state index contributed by atoms with van der Waals surface area (Å²) in [7, 11) is 5.08. The number of amidine groups is 1. The van der Waals surface area contributed by atoms with E-state index in [9.17, 15) is 4.79 Å². The van der Waals surface area contributed by atoms with Crippen LogP contribution in [0.2, 0.25) is 0 Å². The second-order valence-electron chi connectivity index (χ2n) is 8.03. The molecule has 0 aliphatic carbocycles. The number of aromatic amines is 1. The normalized spacial score (nSPS) is 19.1. The van der Waals surface area contributed by atoms with Gasteiger partial charge in [-0.05, 0) is 23.8 Å². The van der Waals surface area contributed by atoms with Crippen LogP contribution in [0.1, 0.15) is 21.8 Å². The summed E-state index contributed by atoms with van der Waals surface area (Å²) in [6.45, 7) is 1.58. The first kappa shape index (κ1) is 21.7. The summed E-state index contributed by atoms with van der Waals surface area (Å²) in [4.78, 5) is 20.3. The number of ether oxygens (including phenoxy) is 2. The summed E-state index contributed by atoms with van der Waals surface area (Å²) in [6.07, 6.45) is 1.79. The maximum absolute atomic E-state index is 12.8. The quantitative estimate of drug-likeness (QED) is 0.513. The monoisotopic (exact) mass is 466 g/mol. The van der Waals surface area contributed by atoms with Crippen LogP contribution in [0.3, 0.4) is 0 Å². The molecule has 3 aromatic rings. The van der Waals surface area contributed by atoms with Crippen molar-refractivity contribution in [3.05, 3.63) is 47.7 Å². The number of aromatic nitrogens is 2. The van der Waals surface area contributed by atoms with Crippen molar-refractivity contribution in [1.82, 2.24) is 20.4 Å². The van der Waals surface area contributed by atoms with Gasteiger partial charge in [-0.25, -0.2) is 0 Å². The molecule has 0 spiro atoms. The van der Waals surface area contributed by atoms with Crippen molar-refractivity contribution in [3.63, 3.8) is 0 Å². The van der Waals surface area contributed by atoms with Crippen LogP contribution in [0.25, 0.3) is 10.9 Å². The molecule has 0 saturated heterocycles. The van der Waals surface area contributed by atoms with Gasteiger partial charge in [0.05, 0.1) is 49.1 Å². The van der Waals surface area contributed by atoms with Crippen LogP contribution in [0.5, 0.6) is 5.75 Å². The molecule has 0 radical (unpaired) electrons. The van der Waals surface area contributed by atoms with Crippen molar-refractivity contribution in [2.75, 3.05) is 46.4 Å². The van der Waals surface area contributed by atoms with Gasteiger partial charge >= 0.3 is 0 Å². The fourth-order valence-corrected chi connectivity index (χ4v) is 5.58. The minimum atomic E-state index is -0.0107. The number of anilines is 1. The lowest BCUT2D eigenvalue weighted by atomic mass is 9.95. The molecular formula is C23H26N6O3S. The van der Waals surface area contributed by atoms with Gasteiger partial charge in [0.2, 0.25) is 0 Å². The van der Waals surface area contributed by atoms with Crippen LogP contribution in [0.4, 0.5) is 5.69 Å². The summed E-state index contributed by atoms with van der Waals surface area (Å²) in [5.41, 5.74) is 3.59. The molecule has 0 fully saturated rings. The Morgan fingerprint density at radius 1 is 1.30 bits per heavy atom. The lowest BCUT2D eigenvalue weighted by Crippen LogP contribution is -2.41. The molecule has 5 rings (SSSR count). The van der Waals surface area contributed by atoms with Gasteiger partial charge in [-0.15, -0.1) is 11.8 Å². The molecule has 10 heteroatoms. The lowest BCUT2D eigenvalue weighted by molar-refractivity contribution is 0.0744. The minimum absolute atomic E-state index is 0.0107. The summed E-state index contributed by atoms with van der Waals surface area (Å²) >= 11 is 1.74. The maximum atomic E-state index is 12.8. The zero-order valence-corrected chi connectivity index (χ0v) is 19.5. The number of thioether (sulfide) groups is 1. The van der Waals surface area contributed by atoms with E-state index in [-0.39, 0.29) is 17.2 Å². The van der Waals surface area contributed by atoms with Gasteiger partial charge in [-0.2, -0.15) is 5.10 Å². The highest BCUT2D eigenvalue weighted by Crippen LogP contribution is 2.47. The Balaban J connectivity index is 1.42. The molecular weight excluding hydrogens is 440 g/mol. The number of rotatable bonds is 6. The number of methoxy groups -OCH3 is 2. The zero-order valence-electron chi connectivity index (χ0n) is 18.7. The summed E-state index contributed by atoms with van der Waals surface area (Å²) in [5.74, 6) is 1.63. The van der Waals surface area contributed by atoms with Crippen molar-refractivity contribution in [2.24, 2.45) is 4.99 Å². The Labute approximate surface area is 195 Å². The third-order valence-corrected chi connectivity index (χ3v) is 7.29. The highest BCUT2D eigenvalue weighted by atomic mass is 32.2. The number of nitrogens with zero attached hydrogens (tertiary/aromatic N) is 3. The minimum Gasteiger partial charge on any atom is -0.494 e. The summed E-state index contributed by atoms with van der Waals surface area (Å²) in [5, 5.41) is 15.2. The Hall–Kier alpha value is -3.08. The van der Waals surface area contributed by atoms with E-state index in [1.54, 1.807) is 44.1 Å². The number of nitrogens with one attached hydrogen (secondary N) is 3. The maximum Gasteiger partial charge on any atom is 0.253 e. The molecule has 2 aliphatic rings. The van der Waals surface area contributed by atoms with Crippen LogP contribution in [-0.4, -0.2) is 73.3 Å². The first-order valence-electron chi connectivity index (χ1n) is 10.7. The number of amides is 1. The molecule has 3 heterocycles. The molecule has 33 heavy (non-hydrogen) atoms. The topological polar surface area (TPSA) is 104 Å². The third-order valence-electron chi connectivity index (χ3n) is 5.99. The van der Waals surface area contributed by atoms with Gasteiger partial charge in [0.1, 0.15) is 11.6 Å². The van der Waals surface area contributed by atoms with E-state index in [4.69, 9.17) is 14.5 Å². The Morgan fingerprint density at radius 3 is 3.00 bits per heavy atom. The molecule has 2 atom stereocenters. The highest BCUT2D eigenvalue weighted by molar-refractivity contribution is 8.00. The van der Waals surface area contributed by atoms with Crippen LogP contribution >= 0.6 is 11.8 Å². The molecule has 0 saturated carbocycles. The molecule has 2 aromatic carbocycles. The van der Waals surface area contributed by atoms with E-state index in [1.807, 2.05) is 30.3 Å². The van der Waals surface area contributed by atoms with E-state index in [0.29, 0.717) is 25.4 Å². The summed E-state index contributed by atoms with van der Waals surface area (Å²) < 4.78 is 10.7. The first-order valence-corrected chi connectivity index (χ1v) is 11.6. The van der Waals surface area contributed by atoms with Crippen molar-refractivity contribution < 1.29 is 14.3 Å². The molecule has 3 N–H and O–H groups in total. The van der Waals surface area contributed by atoms with E-state index in [1.165, 1.54) is 0 Å². The number of fused-ring (bicyclic) bond motifs is 4. The fraction of sp³-hybridized carbons (Fsp3) is 0.348. The predicted molar refractivity (Wildman–Crippen MR) is 129 cm³/mol. The van der Waals surface area contributed by atoms with Gasteiger partial charge in [-0.1, -0.05) is 6.07 Å². The van der Waals surface area contributed by atoms with Crippen LogP contribution < -0.4 is 15.4 Å². The number of likely N-dealkylation sites (N-methyl/N-ethyl adjacent to an activating group) is 1. The Kier molecular flexibility index (Phi) is 5.96. The molecule has 0 bridgehead atoms. The SMILES string of the molecule is COCCN(C)C(=O)c1ccc2c(c1)SC1NCN=C(Nc3cc4cn[nH]c4cc3OC)C21. The average molecular weight is 467 g/mol. The molecule has 172 valence electrons. The van der Waals surface area contributed by atoms with Crippen LogP contribution in [0.15, 0.2) is 46.4 Å².